The Balaban J connectivity index is 2.40. The number of aryl methyl sites for hydroxylation is 1. The van der Waals surface area contributed by atoms with Crippen LogP contribution in [0.5, 0.6) is 0 Å². The van der Waals surface area contributed by atoms with E-state index in [0.29, 0.717) is 5.92 Å². The van der Waals surface area contributed by atoms with Crippen LogP contribution in [0.4, 0.5) is 5.69 Å². The van der Waals surface area contributed by atoms with E-state index in [0.717, 1.165) is 11.3 Å². The molecule has 0 saturated heterocycles. The van der Waals surface area contributed by atoms with Crippen molar-refractivity contribution in [3.8, 4) is 11.1 Å². The van der Waals surface area contributed by atoms with E-state index in [1.54, 1.807) is 0 Å². The molecule has 0 radical (unpaired) electrons. The summed E-state index contributed by atoms with van der Waals surface area (Å²) >= 11 is 0. The van der Waals surface area contributed by atoms with E-state index in [2.05, 4.69) is 57.2 Å². The molecule has 2 aromatic rings. The maximum Gasteiger partial charge on any atom is 0.0396 e. The van der Waals surface area contributed by atoms with Gasteiger partial charge in [-0.25, -0.2) is 0 Å². The van der Waals surface area contributed by atoms with E-state index < -0.39 is 0 Å². The number of rotatable bonds is 2. The SMILES string of the molecule is Cc1ccc(-c2ccc(C(C)C)cc2)c(N)c1. The molecule has 0 saturated carbocycles. The van der Waals surface area contributed by atoms with E-state index in [9.17, 15) is 0 Å². The number of nitrogen functional groups attached to an aromatic ring is 1. The summed E-state index contributed by atoms with van der Waals surface area (Å²) in [5, 5.41) is 0. The molecule has 1 nitrogen and oxygen atoms in total. The highest BCUT2D eigenvalue weighted by molar-refractivity contribution is 5.76. The molecule has 2 N–H and O–H groups in total. The fourth-order valence-electron chi connectivity index (χ4n) is 1.99. The molecule has 0 aromatic heterocycles. The quantitative estimate of drug-likeness (QED) is 0.755. The van der Waals surface area contributed by atoms with Crippen molar-refractivity contribution in [3.63, 3.8) is 0 Å². The Morgan fingerprint density at radius 1 is 0.941 bits per heavy atom. The van der Waals surface area contributed by atoms with Gasteiger partial charge in [-0.1, -0.05) is 50.2 Å². The van der Waals surface area contributed by atoms with E-state index >= 15 is 0 Å². The number of anilines is 1. The van der Waals surface area contributed by atoms with Crippen molar-refractivity contribution in [2.45, 2.75) is 26.7 Å². The first kappa shape index (κ1) is 11.7. The van der Waals surface area contributed by atoms with Crippen molar-refractivity contribution in [1.29, 1.82) is 0 Å². The minimum atomic E-state index is 0.569. The molecular weight excluding hydrogens is 206 g/mol. The maximum atomic E-state index is 6.05. The van der Waals surface area contributed by atoms with Crippen LogP contribution < -0.4 is 5.73 Å². The van der Waals surface area contributed by atoms with E-state index in [1.165, 1.54) is 16.7 Å². The van der Waals surface area contributed by atoms with Gasteiger partial charge in [-0.05, 0) is 35.6 Å². The molecule has 2 rings (SSSR count). The van der Waals surface area contributed by atoms with Gasteiger partial charge >= 0.3 is 0 Å². The van der Waals surface area contributed by atoms with Crippen LogP contribution in [0.25, 0.3) is 11.1 Å². The van der Waals surface area contributed by atoms with Crippen LogP contribution in [0.3, 0.4) is 0 Å². The number of benzene rings is 2. The van der Waals surface area contributed by atoms with Gasteiger partial charge in [0.15, 0.2) is 0 Å². The summed E-state index contributed by atoms with van der Waals surface area (Å²) in [6.07, 6.45) is 0. The van der Waals surface area contributed by atoms with Crippen molar-refractivity contribution < 1.29 is 0 Å². The lowest BCUT2D eigenvalue weighted by atomic mass is 9.97. The Morgan fingerprint density at radius 2 is 1.59 bits per heavy atom. The predicted octanol–water partition coefficient (Wildman–Crippen LogP) is 4.37. The zero-order valence-electron chi connectivity index (χ0n) is 10.7. The fraction of sp³-hybridized carbons (Fsp3) is 0.250. The molecule has 88 valence electrons. The summed E-state index contributed by atoms with van der Waals surface area (Å²) in [5.74, 6) is 0.569. The maximum absolute atomic E-state index is 6.05. The van der Waals surface area contributed by atoms with Gasteiger partial charge in [0.2, 0.25) is 0 Å². The van der Waals surface area contributed by atoms with Crippen LogP contribution in [0.2, 0.25) is 0 Å². The van der Waals surface area contributed by atoms with Crippen molar-refractivity contribution in [1.82, 2.24) is 0 Å². The van der Waals surface area contributed by atoms with Crippen molar-refractivity contribution in [2.75, 3.05) is 5.73 Å². The van der Waals surface area contributed by atoms with Crippen molar-refractivity contribution >= 4 is 5.69 Å². The van der Waals surface area contributed by atoms with Gasteiger partial charge in [0.25, 0.3) is 0 Å². The first-order valence-corrected chi connectivity index (χ1v) is 6.04. The average molecular weight is 225 g/mol. The third-order valence-electron chi connectivity index (χ3n) is 3.10. The minimum Gasteiger partial charge on any atom is -0.398 e. The van der Waals surface area contributed by atoms with Gasteiger partial charge < -0.3 is 5.73 Å². The van der Waals surface area contributed by atoms with Gasteiger partial charge in [0.1, 0.15) is 0 Å². The normalized spacial score (nSPS) is 10.8. The largest absolute Gasteiger partial charge is 0.398 e. The molecule has 0 aliphatic rings. The van der Waals surface area contributed by atoms with E-state index in [4.69, 9.17) is 5.73 Å². The Bertz CT molecular complexity index is 510. The van der Waals surface area contributed by atoms with Gasteiger partial charge in [0, 0.05) is 11.3 Å². The van der Waals surface area contributed by atoms with Crippen LogP contribution in [-0.4, -0.2) is 0 Å². The van der Waals surface area contributed by atoms with Crippen LogP contribution in [-0.2, 0) is 0 Å². The number of nitrogens with two attached hydrogens (primary N) is 1. The second-order valence-corrected chi connectivity index (χ2v) is 4.87. The highest BCUT2D eigenvalue weighted by Gasteiger charge is 2.04. The Kier molecular flexibility index (Phi) is 3.19. The molecule has 1 heteroatoms. The summed E-state index contributed by atoms with van der Waals surface area (Å²) in [7, 11) is 0. The number of hydrogen-bond acceptors (Lipinski definition) is 1. The van der Waals surface area contributed by atoms with Gasteiger partial charge in [0.05, 0.1) is 0 Å². The summed E-state index contributed by atoms with van der Waals surface area (Å²) in [4.78, 5) is 0. The van der Waals surface area contributed by atoms with Gasteiger partial charge in [-0.3, -0.25) is 0 Å². The fourth-order valence-corrected chi connectivity index (χ4v) is 1.99. The van der Waals surface area contributed by atoms with E-state index in [-0.39, 0.29) is 0 Å². The van der Waals surface area contributed by atoms with Crippen molar-refractivity contribution in [3.05, 3.63) is 53.6 Å². The standard InChI is InChI=1S/C16H19N/c1-11(2)13-5-7-14(8-6-13)15-9-4-12(3)10-16(15)17/h4-11H,17H2,1-3H3. The zero-order valence-corrected chi connectivity index (χ0v) is 10.7. The predicted molar refractivity (Wildman–Crippen MR) is 75.1 cm³/mol. The molecule has 0 heterocycles. The molecule has 0 aliphatic carbocycles. The third-order valence-corrected chi connectivity index (χ3v) is 3.10. The smallest absolute Gasteiger partial charge is 0.0396 e. The van der Waals surface area contributed by atoms with Crippen LogP contribution in [0.1, 0.15) is 30.9 Å². The first-order chi connectivity index (χ1) is 8.08. The first-order valence-electron chi connectivity index (χ1n) is 6.04. The summed E-state index contributed by atoms with van der Waals surface area (Å²) in [5.41, 5.74) is 11.8. The highest BCUT2D eigenvalue weighted by Crippen LogP contribution is 2.28. The van der Waals surface area contributed by atoms with Crippen LogP contribution in [0.15, 0.2) is 42.5 Å². The zero-order chi connectivity index (χ0) is 12.4. The Morgan fingerprint density at radius 3 is 2.12 bits per heavy atom. The molecule has 0 aliphatic heterocycles. The summed E-state index contributed by atoms with van der Waals surface area (Å²) < 4.78 is 0. The molecule has 0 unspecified atom stereocenters. The molecule has 0 bridgehead atoms. The van der Waals surface area contributed by atoms with Crippen LogP contribution in [0, 0.1) is 6.92 Å². The monoisotopic (exact) mass is 225 g/mol. The summed E-state index contributed by atoms with van der Waals surface area (Å²) in [6.45, 7) is 6.46. The molecule has 0 atom stereocenters. The third kappa shape index (κ3) is 2.50. The van der Waals surface area contributed by atoms with Gasteiger partial charge in [-0.2, -0.15) is 0 Å². The lowest BCUT2D eigenvalue weighted by Gasteiger charge is -2.09. The number of hydrogen-bond donors (Lipinski definition) is 1. The van der Waals surface area contributed by atoms with Crippen molar-refractivity contribution in [2.24, 2.45) is 0 Å². The molecule has 0 amide bonds. The lowest BCUT2D eigenvalue weighted by molar-refractivity contribution is 0.867. The second-order valence-electron chi connectivity index (χ2n) is 4.87. The molecule has 0 spiro atoms. The highest BCUT2D eigenvalue weighted by atomic mass is 14.6. The molecule has 17 heavy (non-hydrogen) atoms. The van der Waals surface area contributed by atoms with E-state index in [1.807, 2.05) is 6.07 Å². The lowest BCUT2D eigenvalue weighted by Crippen LogP contribution is -1.92. The minimum absolute atomic E-state index is 0.569. The van der Waals surface area contributed by atoms with Crippen LogP contribution >= 0.6 is 0 Å². The molecule has 0 fully saturated rings. The second kappa shape index (κ2) is 4.62. The van der Waals surface area contributed by atoms with Gasteiger partial charge in [-0.15, -0.1) is 0 Å². The topological polar surface area (TPSA) is 26.0 Å². The molecule has 2 aromatic carbocycles. The Hall–Kier alpha value is -1.76. The molecular formula is C16H19N. The average Bonchev–Trinajstić information content (AvgIpc) is 2.29. The Labute approximate surface area is 103 Å². The summed E-state index contributed by atoms with van der Waals surface area (Å²) in [6, 6.07) is 14.9.